The molecule has 0 aromatic heterocycles. The first-order valence-corrected chi connectivity index (χ1v) is 7.20. The van der Waals surface area contributed by atoms with Gasteiger partial charge in [0.15, 0.2) is 0 Å². The van der Waals surface area contributed by atoms with Crippen LogP contribution in [0.5, 0.6) is 0 Å². The van der Waals surface area contributed by atoms with Gasteiger partial charge in [-0.1, -0.05) is 6.92 Å². The first-order chi connectivity index (χ1) is 6.81. The number of hydrogen-bond acceptors (Lipinski definition) is 2. The highest BCUT2D eigenvalue weighted by Gasteiger charge is 2.27. The third-order valence-corrected chi connectivity index (χ3v) is 4.23. The summed E-state index contributed by atoms with van der Waals surface area (Å²) in [7, 11) is -1.60. The average molecular weight is 236 g/mol. The fourth-order valence-corrected chi connectivity index (χ4v) is 2.67. The van der Waals surface area contributed by atoms with Crippen molar-refractivity contribution in [3.8, 4) is 0 Å². The molecule has 1 fully saturated rings. The van der Waals surface area contributed by atoms with Gasteiger partial charge in [0.2, 0.25) is 0 Å². The maximum atomic E-state index is 10.6. The lowest BCUT2D eigenvalue weighted by Gasteiger charge is -2.39. The fraction of sp³-hybridized carbons (Fsp3) is 1.00. The largest absolute Gasteiger partial charge is 0.326 e. The van der Waals surface area contributed by atoms with E-state index >= 15 is 0 Å². The van der Waals surface area contributed by atoms with Crippen molar-refractivity contribution in [2.24, 2.45) is 5.92 Å². The van der Waals surface area contributed by atoms with E-state index in [1.807, 2.05) is 0 Å². The molecule has 0 bridgehead atoms. The van der Waals surface area contributed by atoms with Gasteiger partial charge in [-0.05, 0) is 18.8 Å². The summed E-state index contributed by atoms with van der Waals surface area (Å²) in [5.41, 5.74) is 0. The molecule has 0 saturated carbocycles. The van der Waals surface area contributed by atoms with Crippen LogP contribution in [0.4, 0.5) is 0 Å². The molecule has 1 N–H and O–H groups in total. The number of piperidine rings is 1. The van der Waals surface area contributed by atoms with Crippen molar-refractivity contribution in [1.82, 2.24) is 0 Å². The van der Waals surface area contributed by atoms with E-state index in [1.165, 1.54) is 12.8 Å². The van der Waals surface area contributed by atoms with Gasteiger partial charge in [-0.2, -0.15) is 8.42 Å². The molecule has 0 spiro atoms. The first kappa shape index (κ1) is 12.9. The molecule has 0 aromatic rings. The van der Waals surface area contributed by atoms with Crippen molar-refractivity contribution in [2.45, 2.75) is 26.2 Å². The molecule has 15 heavy (non-hydrogen) atoms. The topological polar surface area (TPSA) is 54.4 Å². The van der Waals surface area contributed by atoms with E-state index in [0.717, 1.165) is 30.0 Å². The van der Waals surface area contributed by atoms with Gasteiger partial charge in [-0.15, -0.1) is 0 Å². The fourth-order valence-electron chi connectivity index (χ4n) is 2.17. The van der Waals surface area contributed by atoms with Gasteiger partial charge in [0.05, 0.1) is 32.4 Å². The van der Waals surface area contributed by atoms with Crippen molar-refractivity contribution in [1.29, 1.82) is 0 Å². The van der Waals surface area contributed by atoms with Gasteiger partial charge >= 0.3 is 0 Å². The molecule has 1 saturated heterocycles. The zero-order valence-electron chi connectivity index (χ0n) is 9.65. The van der Waals surface area contributed by atoms with Crippen LogP contribution in [0.25, 0.3) is 0 Å². The summed E-state index contributed by atoms with van der Waals surface area (Å²) in [6.07, 6.45) is 3.01. The standard InChI is InChI=1S/C10H21NO3S/c1-10-4-7-11(2,8-5-10)6-3-9-15(12,13)14/h10H,3-9H2,1-2H3/p+1. The number of nitrogens with zero attached hydrogens (tertiary/aromatic N) is 1. The van der Waals surface area contributed by atoms with Crippen LogP contribution in [0, 0.1) is 5.92 Å². The number of hydrogen-bond donors (Lipinski definition) is 1. The maximum absolute atomic E-state index is 10.6. The molecule has 0 amide bonds. The Kier molecular flexibility index (Phi) is 4.14. The van der Waals surface area contributed by atoms with Crippen molar-refractivity contribution in [3.05, 3.63) is 0 Å². The van der Waals surface area contributed by atoms with Gasteiger partial charge in [0.25, 0.3) is 10.1 Å². The van der Waals surface area contributed by atoms with E-state index in [4.69, 9.17) is 4.55 Å². The Morgan fingerprint density at radius 3 is 2.33 bits per heavy atom. The highest BCUT2D eigenvalue weighted by molar-refractivity contribution is 7.85. The molecular formula is C10H22NO3S+. The van der Waals surface area contributed by atoms with Crippen LogP contribution in [0.3, 0.4) is 0 Å². The van der Waals surface area contributed by atoms with Crippen LogP contribution in [0.1, 0.15) is 26.2 Å². The Morgan fingerprint density at radius 2 is 1.87 bits per heavy atom. The third kappa shape index (κ3) is 4.95. The molecule has 1 aliphatic rings. The van der Waals surface area contributed by atoms with Crippen LogP contribution in [0.2, 0.25) is 0 Å². The van der Waals surface area contributed by atoms with E-state index < -0.39 is 10.1 Å². The van der Waals surface area contributed by atoms with Crippen LogP contribution in [-0.2, 0) is 10.1 Å². The second kappa shape index (κ2) is 4.80. The Morgan fingerprint density at radius 1 is 1.33 bits per heavy atom. The molecular weight excluding hydrogens is 214 g/mol. The van der Waals surface area contributed by atoms with Gasteiger partial charge in [0.1, 0.15) is 0 Å². The number of quaternary nitrogens is 1. The normalized spacial score (nSPS) is 32.9. The predicted molar refractivity (Wildman–Crippen MR) is 60.2 cm³/mol. The Hall–Kier alpha value is -0.130. The highest BCUT2D eigenvalue weighted by atomic mass is 32.2. The smallest absolute Gasteiger partial charge is 0.265 e. The molecule has 0 aliphatic carbocycles. The summed E-state index contributed by atoms with van der Waals surface area (Å²) in [5.74, 6) is 0.703. The molecule has 1 heterocycles. The monoisotopic (exact) mass is 236 g/mol. The Balaban J connectivity index is 2.31. The van der Waals surface area contributed by atoms with Gasteiger partial charge in [0, 0.05) is 6.42 Å². The molecule has 0 atom stereocenters. The van der Waals surface area contributed by atoms with Crippen LogP contribution in [0.15, 0.2) is 0 Å². The molecule has 4 nitrogen and oxygen atoms in total. The summed E-state index contributed by atoms with van der Waals surface area (Å²) < 4.78 is 30.8. The maximum Gasteiger partial charge on any atom is 0.265 e. The van der Waals surface area contributed by atoms with E-state index in [-0.39, 0.29) is 5.75 Å². The number of likely N-dealkylation sites (tertiary alicyclic amines) is 1. The molecule has 0 aromatic carbocycles. The molecule has 90 valence electrons. The van der Waals surface area contributed by atoms with Crippen LogP contribution in [-0.4, -0.2) is 49.9 Å². The van der Waals surface area contributed by atoms with E-state index in [2.05, 4.69) is 14.0 Å². The second-order valence-electron chi connectivity index (χ2n) is 5.11. The van der Waals surface area contributed by atoms with Crippen LogP contribution >= 0.6 is 0 Å². The lowest BCUT2D eigenvalue weighted by Crippen LogP contribution is -2.50. The average Bonchev–Trinajstić information content (AvgIpc) is 2.09. The zero-order chi connectivity index (χ0) is 11.5. The Labute approximate surface area is 92.6 Å². The Bertz CT molecular complexity index is 292. The van der Waals surface area contributed by atoms with Crippen molar-refractivity contribution >= 4 is 10.1 Å². The van der Waals surface area contributed by atoms with Crippen molar-refractivity contribution < 1.29 is 17.5 Å². The van der Waals surface area contributed by atoms with Crippen molar-refractivity contribution in [2.75, 3.05) is 32.4 Å². The zero-order valence-corrected chi connectivity index (χ0v) is 10.5. The SMILES string of the molecule is CC1CC[N+](C)(CCCS(=O)(=O)O)CC1. The molecule has 1 rings (SSSR count). The van der Waals surface area contributed by atoms with Crippen molar-refractivity contribution in [3.63, 3.8) is 0 Å². The van der Waals surface area contributed by atoms with Crippen LogP contribution < -0.4 is 0 Å². The van der Waals surface area contributed by atoms with E-state index in [0.29, 0.717) is 6.42 Å². The first-order valence-electron chi connectivity index (χ1n) is 5.59. The van der Waals surface area contributed by atoms with E-state index in [1.54, 1.807) is 0 Å². The predicted octanol–water partition coefficient (Wildman–Crippen LogP) is 1.14. The molecule has 0 unspecified atom stereocenters. The number of rotatable bonds is 4. The minimum absolute atomic E-state index is 0.101. The van der Waals surface area contributed by atoms with Gasteiger partial charge in [-0.25, -0.2) is 0 Å². The summed E-state index contributed by atoms with van der Waals surface area (Å²) in [6.45, 7) is 5.38. The van der Waals surface area contributed by atoms with Gasteiger partial charge in [-0.3, -0.25) is 4.55 Å². The summed E-state index contributed by atoms with van der Waals surface area (Å²) in [6, 6.07) is 0. The highest BCUT2D eigenvalue weighted by Crippen LogP contribution is 2.21. The second-order valence-corrected chi connectivity index (χ2v) is 6.68. The summed E-state index contributed by atoms with van der Waals surface area (Å²) >= 11 is 0. The summed E-state index contributed by atoms with van der Waals surface area (Å²) in [5, 5.41) is 0. The molecule has 0 radical (unpaired) electrons. The molecule has 5 heteroatoms. The summed E-state index contributed by atoms with van der Waals surface area (Å²) in [4.78, 5) is 0. The lowest BCUT2D eigenvalue weighted by atomic mass is 9.97. The minimum atomic E-state index is -3.77. The molecule has 1 aliphatic heterocycles. The third-order valence-electron chi connectivity index (χ3n) is 3.42. The quantitative estimate of drug-likeness (QED) is 0.588. The van der Waals surface area contributed by atoms with Gasteiger partial charge < -0.3 is 4.48 Å². The lowest BCUT2D eigenvalue weighted by molar-refractivity contribution is -0.915. The van der Waals surface area contributed by atoms with E-state index in [9.17, 15) is 8.42 Å². The minimum Gasteiger partial charge on any atom is -0.326 e.